The zero-order chi connectivity index (χ0) is 14.2. The summed E-state index contributed by atoms with van der Waals surface area (Å²) in [5.74, 6) is 1.77. The quantitative estimate of drug-likeness (QED) is 0.611. The molecule has 1 aromatic carbocycles. The first-order valence-electron chi connectivity index (χ1n) is 6.44. The maximum atomic E-state index is 5.70. The largest absolute Gasteiger partial charge is 0.493 e. The number of nitrogens with two attached hydrogens (primary N) is 1. The minimum atomic E-state index is 0.665. The number of benzene rings is 1. The summed E-state index contributed by atoms with van der Waals surface area (Å²) >= 11 is 5.06. The van der Waals surface area contributed by atoms with E-state index >= 15 is 0 Å². The lowest BCUT2D eigenvalue weighted by molar-refractivity contribution is 0.344. The molecule has 0 aliphatic rings. The predicted octanol–water partition coefficient (Wildman–Crippen LogP) is 3.52. The average Bonchev–Trinajstić information content (AvgIpc) is 2.47. The molecule has 0 aliphatic heterocycles. The van der Waals surface area contributed by atoms with Crippen molar-refractivity contribution < 1.29 is 4.74 Å². The van der Waals surface area contributed by atoms with E-state index in [-0.39, 0.29) is 0 Å². The van der Waals surface area contributed by atoms with Crippen molar-refractivity contribution in [2.75, 3.05) is 18.9 Å². The fourth-order valence-electron chi connectivity index (χ4n) is 1.67. The molecule has 0 bridgehead atoms. The van der Waals surface area contributed by atoms with E-state index in [0.717, 1.165) is 27.4 Å². The first-order valence-corrected chi connectivity index (χ1v) is 8.22. The van der Waals surface area contributed by atoms with Gasteiger partial charge in [0.05, 0.1) is 11.6 Å². The average molecular weight is 353 g/mol. The lowest BCUT2D eigenvalue weighted by atomic mass is 10.1. The molecule has 106 valence electrons. The number of nitrogens with zero attached hydrogens (tertiary/aromatic N) is 1. The molecule has 0 unspecified atom stereocenters. The number of thioether (sulfide) groups is 1. The van der Waals surface area contributed by atoms with Gasteiger partial charge in [0, 0.05) is 16.4 Å². The minimum absolute atomic E-state index is 0.665. The van der Waals surface area contributed by atoms with Crippen molar-refractivity contribution in [2.24, 2.45) is 5.73 Å². The highest BCUT2D eigenvalue weighted by atomic mass is 79.9. The van der Waals surface area contributed by atoms with Crippen molar-refractivity contribution in [2.45, 2.75) is 11.4 Å². The van der Waals surface area contributed by atoms with E-state index in [1.807, 2.05) is 24.3 Å². The second-order valence-corrected chi connectivity index (χ2v) is 6.23. The molecule has 1 heterocycles. The van der Waals surface area contributed by atoms with Crippen molar-refractivity contribution in [3.05, 3.63) is 52.6 Å². The van der Waals surface area contributed by atoms with Crippen LogP contribution in [-0.4, -0.2) is 23.9 Å². The smallest absolute Gasteiger partial charge is 0.119 e. The van der Waals surface area contributed by atoms with E-state index in [0.29, 0.717) is 13.2 Å². The van der Waals surface area contributed by atoms with Crippen LogP contribution >= 0.6 is 27.7 Å². The van der Waals surface area contributed by atoms with Gasteiger partial charge in [0.15, 0.2) is 0 Å². The van der Waals surface area contributed by atoms with Crippen LogP contribution in [0.3, 0.4) is 0 Å². The number of hydrogen-bond donors (Lipinski definition) is 1. The highest BCUT2D eigenvalue weighted by Gasteiger charge is 1.98. The van der Waals surface area contributed by atoms with E-state index < -0.39 is 0 Å². The number of halogens is 1. The highest BCUT2D eigenvalue weighted by Crippen LogP contribution is 2.18. The third-order valence-electron chi connectivity index (χ3n) is 2.66. The fraction of sp³-hybridized carbons (Fsp3) is 0.267. The minimum Gasteiger partial charge on any atom is -0.493 e. The van der Waals surface area contributed by atoms with Gasteiger partial charge >= 0.3 is 0 Å². The summed E-state index contributed by atoms with van der Waals surface area (Å²) in [6.07, 6.45) is 2.71. The summed E-state index contributed by atoms with van der Waals surface area (Å²) in [6.45, 7) is 1.34. The Morgan fingerprint density at radius 1 is 1.15 bits per heavy atom. The molecule has 3 nitrogen and oxygen atoms in total. The SMILES string of the molecule is NCCc1ccc(OCCSc2ccc(Br)cn2)cc1. The van der Waals surface area contributed by atoms with E-state index in [9.17, 15) is 0 Å². The predicted molar refractivity (Wildman–Crippen MR) is 87.4 cm³/mol. The van der Waals surface area contributed by atoms with Gasteiger partial charge in [-0.3, -0.25) is 0 Å². The van der Waals surface area contributed by atoms with Crippen LogP contribution < -0.4 is 10.5 Å². The summed E-state index contributed by atoms with van der Waals surface area (Å²) in [5.41, 5.74) is 6.76. The summed E-state index contributed by atoms with van der Waals surface area (Å²) in [4.78, 5) is 4.30. The molecule has 2 rings (SSSR count). The number of aromatic nitrogens is 1. The van der Waals surface area contributed by atoms with Gasteiger partial charge < -0.3 is 10.5 Å². The van der Waals surface area contributed by atoms with E-state index in [1.54, 1.807) is 18.0 Å². The molecule has 0 amide bonds. The molecule has 0 saturated heterocycles. The van der Waals surface area contributed by atoms with Crippen LogP contribution in [0.5, 0.6) is 5.75 Å². The molecule has 0 spiro atoms. The molecule has 0 atom stereocenters. The van der Waals surface area contributed by atoms with Crippen LogP contribution in [0.15, 0.2) is 52.1 Å². The van der Waals surface area contributed by atoms with Crippen LogP contribution in [0.1, 0.15) is 5.56 Å². The second kappa shape index (κ2) is 8.29. The van der Waals surface area contributed by atoms with Crippen LogP contribution in [0.2, 0.25) is 0 Å². The van der Waals surface area contributed by atoms with Crippen molar-refractivity contribution in [1.82, 2.24) is 4.98 Å². The number of ether oxygens (including phenoxy) is 1. The van der Waals surface area contributed by atoms with Gasteiger partial charge in [-0.1, -0.05) is 12.1 Å². The zero-order valence-corrected chi connectivity index (χ0v) is 13.5. The first-order chi connectivity index (χ1) is 9.78. The van der Waals surface area contributed by atoms with Gasteiger partial charge in [0.2, 0.25) is 0 Å². The topological polar surface area (TPSA) is 48.1 Å². The molecule has 2 aromatic rings. The fourth-order valence-corrected chi connectivity index (χ4v) is 2.57. The van der Waals surface area contributed by atoms with Gasteiger partial charge in [-0.05, 0) is 58.7 Å². The van der Waals surface area contributed by atoms with E-state index in [2.05, 4.69) is 33.0 Å². The zero-order valence-electron chi connectivity index (χ0n) is 11.1. The molecule has 0 radical (unpaired) electrons. The number of hydrogen-bond acceptors (Lipinski definition) is 4. The molecule has 0 aliphatic carbocycles. The van der Waals surface area contributed by atoms with Crippen LogP contribution in [0.4, 0.5) is 0 Å². The first kappa shape index (κ1) is 15.4. The Morgan fingerprint density at radius 2 is 1.95 bits per heavy atom. The Hall–Kier alpha value is -1.04. The van der Waals surface area contributed by atoms with E-state index in [1.165, 1.54) is 5.56 Å². The third-order valence-corrected chi connectivity index (χ3v) is 4.04. The Balaban J connectivity index is 1.71. The second-order valence-electron chi connectivity index (χ2n) is 4.19. The van der Waals surface area contributed by atoms with Crippen molar-refractivity contribution in [3.63, 3.8) is 0 Å². The third kappa shape index (κ3) is 5.15. The molecular formula is C15H17BrN2OS. The molecule has 20 heavy (non-hydrogen) atoms. The summed E-state index contributed by atoms with van der Waals surface area (Å²) in [5, 5.41) is 1.01. The number of pyridine rings is 1. The van der Waals surface area contributed by atoms with Crippen molar-refractivity contribution in [3.8, 4) is 5.75 Å². The van der Waals surface area contributed by atoms with Gasteiger partial charge in [-0.25, -0.2) is 4.98 Å². The van der Waals surface area contributed by atoms with Crippen LogP contribution in [0, 0.1) is 0 Å². The van der Waals surface area contributed by atoms with Crippen molar-refractivity contribution >= 4 is 27.7 Å². The monoisotopic (exact) mass is 352 g/mol. The standard InChI is InChI=1S/C15H17BrN2OS/c16-13-3-6-15(18-11-13)20-10-9-19-14-4-1-12(2-5-14)7-8-17/h1-6,11H,7-10,17H2. The highest BCUT2D eigenvalue weighted by molar-refractivity contribution is 9.10. The van der Waals surface area contributed by atoms with Gasteiger partial charge in [0.1, 0.15) is 5.75 Å². The van der Waals surface area contributed by atoms with Gasteiger partial charge in [0.25, 0.3) is 0 Å². The Bertz CT molecular complexity index is 516. The maximum absolute atomic E-state index is 5.70. The van der Waals surface area contributed by atoms with Gasteiger partial charge in [-0.2, -0.15) is 0 Å². The summed E-state index contributed by atoms with van der Waals surface area (Å²) < 4.78 is 6.69. The lowest BCUT2D eigenvalue weighted by Gasteiger charge is -2.07. The molecule has 5 heteroatoms. The van der Waals surface area contributed by atoms with E-state index in [4.69, 9.17) is 10.5 Å². The Kier molecular flexibility index (Phi) is 6.36. The molecule has 2 N–H and O–H groups in total. The molecular weight excluding hydrogens is 336 g/mol. The lowest BCUT2D eigenvalue weighted by Crippen LogP contribution is -2.03. The Labute approximate surface area is 132 Å². The number of rotatable bonds is 7. The molecule has 0 fully saturated rings. The van der Waals surface area contributed by atoms with Gasteiger partial charge in [-0.15, -0.1) is 11.8 Å². The summed E-state index contributed by atoms with van der Waals surface area (Å²) in [6, 6.07) is 12.1. The molecule has 0 saturated carbocycles. The maximum Gasteiger partial charge on any atom is 0.119 e. The van der Waals surface area contributed by atoms with Crippen LogP contribution in [0.25, 0.3) is 0 Å². The van der Waals surface area contributed by atoms with Crippen LogP contribution in [-0.2, 0) is 6.42 Å². The Morgan fingerprint density at radius 3 is 2.60 bits per heavy atom. The van der Waals surface area contributed by atoms with Crippen molar-refractivity contribution in [1.29, 1.82) is 0 Å². The normalized spacial score (nSPS) is 10.5. The molecule has 1 aromatic heterocycles. The summed E-state index contributed by atoms with van der Waals surface area (Å²) in [7, 11) is 0.